The van der Waals surface area contributed by atoms with Crippen molar-refractivity contribution in [2.24, 2.45) is 0 Å². The number of aromatic nitrogens is 2. The van der Waals surface area contributed by atoms with Gasteiger partial charge in [-0.15, -0.1) is 0 Å². The fraction of sp³-hybridized carbons (Fsp3) is 0.316. The van der Waals surface area contributed by atoms with E-state index in [1.54, 1.807) is 12.1 Å². The molecule has 2 heterocycles. The topological polar surface area (TPSA) is 64.2 Å². The molecule has 0 N–H and O–H groups in total. The van der Waals surface area contributed by atoms with Crippen molar-refractivity contribution in [3.8, 4) is 0 Å². The number of benzene rings is 2. The van der Waals surface area contributed by atoms with E-state index in [9.17, 15) is 10.1 Å². The number of para-hydroxylation sites is 2. The molecule has 6 heteroatoms. The van der Waals surface area contributed by atoms with Gasteiger partial charge in [0.2, 0.25) is 0 Å². The smallest absolute Gasteiger partial charge is 0.269 e. The highest BCUT2D eigenvalue weighted by Crippen LogP contribution is 2.22. The number of likely N-dealkylation sites (tertiary alicyclic amines) is 1. The van der Waals surface area contributed by atoms with Crippen molar-refractivity contribution in [3.05, 3.63) is 70.0 Å². The first-order chi connectivity index (χ1) is 12.2. The molecule has 3 aromatic rings. The van der Waals surface area contributed by atoms with Crippen molar-refractivity contribution in [1.82, 2.24) is 14.5 Å². The summed E-state index contributed by atoms with van der Waals surface area (Å²) in [6.07, 6.45) is 2.48. The Labute approximate surface area is 145 Å². The Kier molecular flexibility index (Phi) is 4.19. The van der Waals surface area contributed by atoms with E-state index in [0.717, 1.165) is 42.1 Å². The average molecular weight is 336 g/mol. The van der Waals surface area contributed by atoms with Crippen molar-refractivity contribution in [2.45, 2.75) is 25.9 Å². The van der Waals surface area contributed by atoms with Gasteiger partial charge in [0.15, 0.2) is 0 Å². The predicted octanol–water partition coefficient (Wildman–Crippen LogP) is 3.59. The highest BCUT2D eigenvalue weighted by molar-refractivity contribution is 5.76. The molecule has 0 spiro atoms. The zero-order chi connectivity index (χ0) is 17.2. The van der Waals surface area contributed by atoms with Crippen LogP contribution in [-0.2, 0) is 13.1 Å². The van der Waals surface area contributed by atoms with Gasteiger partial charge in [-0.1, -0.05) is 24.3 Å². The van der Waals surface area contributed by atoms with Crippen LogP contribution in [0.1, 0.15) is 24.2 Å². The molecule has 0 atom stereocenters. The lowest BCUT2D eigenvalue weighted by Crippen LogP contribution is -2.21. The first-order valence-corrected chi connectivity index (χ1v) is 8.60. The Morgan fingerprint density at radius 2 is 1.84 bits per heavy atom. The Morgan fingerprint density at radius 3 is 2.64 bits per heavy atom. The summed E-state index contributed by atoms with van der Waals surface area (Å²) >= 11 is 0. The molecule has 0 unspecified atom stereocenters. The molecule has 1 fully saturated rings. The van der Waals surface area contributed by atoms with Crippen molar-refractivity contribution in [1.29, 1.82) is 0 Å². The second-order valence-corrected chi connectivity index (χ2v) is 6.51. The van der Waals surface area contributed by atoms with Gasteiger partial charge in [-0.3, -0.25) is 15.0 Å². The van der Waals surface area contributed by atoms with Gasteiger partial charge >= 0.3 is 0 Å². The summed E-state index contributed by atoms with van der Waals surface area (Å²) in [5, 5.41) is 11.0. The molecule has 6 nitrogen and oxygen atoms in total. The zero-order valence-corrected chi connectivity index (χ0v) is 14.0. The Bertz CT molecular complexity index is 913. The van der Waals surface area contributed by atoms with E-state index in [1.807, 2.05) is 24.3 Å². The van der Waals surface area contributed by atoms with E-state index in [0.29, 0.717) is 6.54 Å². The normalized spacial score (nSPS) is 15.0. The molecule has 4 rings (SSSR count). The number of rotatable bonds is 5. The van der Waals surface area contributed by atoms with Crippen LogP contribution in [0, 0.1) is 10.1 Å². The third-order valence-corrected chi connectivity index (χ3v) is 4.76. The second-order valence-electron chi connectivity index (χ2n) is 6.51. The minimum absolute atomic E-state index is 0.128. The Morgan fingerprint density at radius 1 is 1.04 bits per heavy atom. The van der Waals surface area contributed by atoms with Crippen LogP contribution in [-0.4, -0.2) is 32.5 Å². The summed E-state index contributed by atoms with van der Waals surface area (Å²) in [6, 6.07) is 14.9. The summed E-state index contributed by atoms with van der Waals surface area (Å²) < 4.78 is 2.19. The Balaban J connectivity index is 1.71. The SMILES string of the molecule is O=[N+]([O-])c1cccc(Cn2c(CN3CCCC3)nc3ccccc32)c1. The van der Waals surface area contributed by atoms with Crippen LogP contribution in [0.4, 0.5) is 5.69 Å². The fourth-order valence-electron chi connectivity index (χ4n) is 3.51. The molecule has 1 aromatic heterocycles. The molecule has 0 amide bonds. The van der Waals surface area contributed by atoms with Crippen LogP contribution in [0.25, 0.3) is 11.0 Å². The second kappa shape index (κ2) is 6.64. The first-order valence-electron chi connectivity index (χ1n) is 8.60. The third-order valence-electron chi connectivity index (χ3n) is 4.76. The van der Waals surface area contributed by atoms with Crippen LogP contribution in [0.15, 0.2) is 48.5 Å². The molecule has 0 saturated carbocycles. The highest BCUT2D eigenvalue weighted by Gasteiger charge is 2.17. The van der Waals surface area contributed by atoms with E-state index >= 15 is 0 Å². The number of imidazole rings is 1. The van der Waals surface area contributed by atoms with Crippen LogP contribution in [0.5, 0.6) is 0 Å². The maximum absolute atomic E-state index is 11.0. The number of nitro benzene ring substituents is 1. The number of hydrogen-bond donors (Lipinski definition) is 0. The summed E-state index contributed by atoms with van der Waals surface area (Å²) in [4.78, 5) is 17.9. The third kappa shape index (κ3) is 3.25. The summed E-state index contributed by atoms with van der Waals surface area (Å²) in [7, 11) is 0. The van der Waals surface area contributed by atoms with Crippen LogP contribution < -0.4 is 0 Å². The summed E-state index contributed by atoms with van der Waals surface area (Å²) in [5.41, 5.74) is 3.09. The number of nitrogens with zero attached hydrogens (tertiary/aromatic N) is 4. The van der Waals surface area contributed by atoms with Crippen LogP contribution in [0.3, 0.4) is 0 Å². The molecule has 128 valence electrons. The molecule has 1 aliphatic rings. The maximum Gasteiger partial charge on any atom is 0.269 e. The molecule has 0 radical (unpaired) electrons. The van der Waals surface area contributed by atoms with E-state index in [2.05, 4.69) is 15.5 Å². The van der Waals surface area contributed by atoms with Crippen molar-refractivity contribution < 1.29 is 4.92 Å². The minimum atomic E-state index is -0.347. The van der Waals surface area contributed by atoms with Gasteiger partial charge in [-0.2, -0.15) is 0 Å². The van der Waals surface area contributed by atoms with Crippen LogP contribution >= 0.6 is 0 Å². The number of non-ortho nitro benzene ring substituents is 1. The highest BCUT2D eigenvalue weighted by atomic mass is 16.6. The minimum Gasteiger partial charge on any atom is -0.322 e. The number of hydrogen-bond acceptors (Lipinski definition) is 4. The molecular formula is C19H20N4O2. The fourth-order valence-corrected chi connectivity index (χ4v) is 3.51. The molecule has 0 bridgehead atoms. The van der Waals surface area contributed by atoms with Gasteiger partial charge in [0.1, 0.15) is 5.82 Å². The van der Waals surface area contributed by atoms with Gasteiger partial charge in [0.25, 0.3) is 5.69 Å². The number of fused-ring (bicyclic) bond motifs is 1. The molecular weight excluding hydrogens is 316 g/mol. The van der Waals surface area contributed by atoms with Crippen molar-refractivity contribution in [3.63, 3.8) is 0 Å². The van der Waals surface area contributed by atoms with Gasteiger partial charge in [-0.05, 0) is 43.6 Å². The molecule has 1 saturated heterocycles. The van der Waals surface area contributed by atoms with Gasteiger partial charge < -0.3 is 4.57 Å². The standard InChI is InChI=1S/C19H20N4O2/c24-23(25)16-7-5-6-15(12-16)13-22-18-9-2-1-8-17(18)20-19(22)14-21-10-3-4-11-21/h1-2,5-9,12H,3-4,10-11,13-14H2. The Hall–Kier alpha value is -2.73. The molecule has 25 heavy (non-hydrogen) atoms. The monoisotopic (exact) mass is 336 g/mol. The quantitative estimate of drug-likeness (QED) is 0.527. The van der Waals surface area contributed by atoms with Crippen molar-refractivity contribution in [2.75, 3.05) is 13.1 Å². The van der Waals surface area contributed by atoms with Gasteiger partial charge in [-0.25, -0.2) is 4.98 Å². The van der Waals surface area contributed by atoms with Crippen LogP contribution in [0.2, 0.25) is 0 Å². The molecule has 1 aliphatic heterocycles. The lowest BCUT2D eigenvalue weighted by Gasteiger charge is -2.16. The predicted molar refractivity (Wildman–Crippen MR) is 96.4 cm³/mol. The zero-order valence-electron chi connectivity index (χ0n) is 14.0. The average Bonchev–Trinajstić information content (AvgIpc) is 3.24. The lowest BCUT2D eigenvalue weighted by atomic mass is 10.2. The van der Waals surface area contributed by atoms with E-state index < -0.39 is 0 Å². The van der Waals surface area contributed by atoms with E-state index in [-0.39, 0.29) is 10.6 Å². The lowest BCUT2D eigenvalue weighted by molar-refractivity contribution is -0.384. The molecule has 2 aromatic carbocycles. The summed E-state index contributed by atoms with van der Waals surface area (Å²) in [5.74, 6) is 1.02. The number of nitro groups is 1. The first kappa shape index (κ1) is 15.8. The largest absolute Gasteiger partial charge is 0.322 e. The summed E-state index contributed by atoms with van der Waals surface area (Å²) in [6.45, 7) is 3.63. The maximum atomic E-state index is 11.0. The van der Waals surface area contributed by atoms with Gasteiger partial charge in [0.05, 0.1) is 22.5 Å². The van der Waals surface area contributed by atoms with E-state index in [4.69, 9.17) is 4.98 Å². The van der Waals surface area contributed by atoms with Crippen molar-refractivity contribution >= 4 is 16.7 Å². The molecule has 0 aliphatic carbocycles. The van der Waals surface area contributed by atoms with Gasteiger partial charge in [0, 0.05) is 18.7 Å². The van der Waals surface area contributed by atoms with E-state index in [1.165, 1.54) is 18.9 Å².